The molecule has 0 aliphatic carbocycles. The number of rotatable bonds is 5. The van der Waals surface area contributed by atoms with E-state index in [2.05, 4.69) is 20.8 Å². The number of anilines is 1. The van der Waals surface area contributed by atoms with Crippen LogP contribution in [-0.4, -0.2) is 28.6 Å². The van der Waals surface area contributed by atoms with Crippen molar-refractivity contribution >= 4 is 17.6 Å². The first-order valence-corrected chi connectivity index (χ1v) is 6.36. The highest BCUT2D eigenvalue weighted by Crippen LogP contribution is 2.05. The van der Waals surface area contributed by atoms with Gasteiger partial charge in [0.05, 0.1) is 6.54 Å². The number of H-pyrrole nitrogens is 1. The minimum absolute atomic E-state index is 0.0952. The van der Waals surface area contributed by atoms with Crippen molar-refractivity contribution in [3.63, 3.8) is 0 Å². The average molecular weight is 272 g/mol. The third-order valence-electron chi connectivity index (χ3n) is 2.72. The monoisotopic (exact) mass is 272 g/mol. The van der Waals surface area contributed by atoms with Crippen molar-refractivity contribution in [2.45, 2.75) is 13.3 Å². The minimum atomic E-state index is -0.316. The lowest BCUT2D eigenvalue weighted by Gasteiger charge is -2.04. The van der Waals surface area contributed by atoms with E-state index in [1.54, 1.807) is 30.3 Å². The van der Waals surface area contributed by atoms with Crippen LogP contribution in [0.1, 0.15) is 23.0 Å². The molecular weight excluding hydrogens is 256 g/mol. The van der Waals surface area contributed by atoms with Gasteiger partial charge >= 0.3 is 0 Å². The van der Waals surface area contributed by atoms with Crippen molar-refractivity contribution in [1.82, 2.24) is 15.5 Å². The van der Waals surface area contributed by atoms with Crippen molar-refractivity contribution < 1.29 is 9.59 Å². The molecule has 0 aliphatic rings. The third kappa shape index (κ3) is 3.68. The van der Waals surface area contributed by atoms with Gasteiger partial charge in [-0.2, -0.15) is 5.10 Å². The van der Waals surface area contributed by atoms with E-state index in [4.69, 9.17) is 0 Å². The molecule has 0 saturated carbocycles. The molecule has 6 heteroatoms. The number of amides is 2. The number of aromatic amines is 1. The summed E-state index contributed by atoms with van der Waals surface area (Å²) in [4.78, 5) is 23.4. The van der Waals surface area contributed by atoms with Crippen LogP contribution >= 0.6 is 0 Å². The second-order valence-electron chi connectivity index (χ2n) is 4.23. The standard InChI is InChI=1S/C14H16N4O2/c1-2-11-8-12(18-17-11)16-13(19)9-15-14(20)10-6-4-3-5-7-10/h3-8H,2,9H2,1H3,(H,15,20)(H2,16,17,18,19). The second kappa shape index (κ2) is 6.51. The molecule has 1 aromatic carbocycles. The molecule has 2 rings (SSSR count). The molecule has 0 bridgehead atoms. The van der Waals surface area contributed by atoms with E-state index in [9.17, 15) is 9.59 Å². The van der Waals surface area contributed by atoms with Gasteiger partial charge in [-0.3, -0.25) is 14.7 Å². The number of aromatic nitrogens is 2. The molecule has 0 radical (unpaired) electrons. The largest absolute Gasteiger partial charge is 0.343 e. The van der Waals surface area contributed by atoms with Crippen molar-refractivity contribution in [3.8, 4) is 0 Å². The van der Waals surface area contributed by atoms with Gasteiger partial charge < -0.3 is 10.6 Å². The number of hydrogen-bond donors (Lipinski definition) is 3. The number of benzene rings is 1. The summed E-state index contributed by atoms with van der Waals surface area (Å²) in [6.45, 7) is 1.89. The Labute approximate surface area is 116 Å². The topological polar surface area (TPSA) is 86.9 Å². The first kappa shape index (κ1) is 13.8. The lowest BCUT2D eigenvalue weighted by Crippen LogP contribution is -2.32. The lowest BCUT2D eigenvalue weighted by molar-refractivity contribution is -0.115. The highest BCUT2D eigenvalue weighted by Gasteiger charge is 2.08. The van der Waals surface area contributed by atoms with E-state index in [1.807, 2.05) is 13.0 Å². The maximum Gasteiger partial charge on any atom is 0.251 e. The van der Waals surface area contributed by atoms with Crippen molar-refractivity contribution in [2.24, 2.45) is 0 Å². The first-order chi connectivity index (χ1) is 9.69. The van der Waals surface area contributed by atoms with Crippen LogP contribution < -0.4 is 10.6 Å². The van der Waals surface area contributed by atoms with Gasteiger partial charge in [0.15, 0.2) is 5.82 Å². The quantitative estimate of drug-likeness (QED) is 0.767. The van der Waals surface area contributed by atoms with E-state index >= 15 is 0 Å². The van der Waals surface area contributed by atoms with Gasteiger partial charge in [-0.05, 0) is 18.6 Å². The molecule has 20 heavy (non-hydrogen) atoms. The molecule has 6 nitrogen and oxygen atoms in total. The van der Waals surface area contributed by atoms with Crippen LogP contribution in [0.5, 0.6) is 0 Å². The van der Waals surface area contributed by atoms with Gasteiger partial charge in [-0.25, -0.2) is 0 Å². The molecule has 1 aromatic heterocycles. The Hall–Kier alpha value is -2.63. The Morgan fingerprint density at radius 1 is 1.25 bits per heavy atom. The van der Waals surface area contributed by atoms with E-state index in [-0.39, 0.29) is 18.4 Å². The Morgan fingerprint density at radius 3 is 2.65 bits per heavy atom. The lowest BCUT2D eigenvalue weighted by atomic mass is 10.2. The van der Waals surface area contributed by atoms with Gasteiger partial charge in [0.2, 0.25) is 5.91 Å². The fourth-order valence-electron chi connectivity index (χ4n) is 1.65. The van der Waals surface area contributed by atoms with Crippen LogP contribution in [0.25, 0.3) is 0 Å². The van der Waals surface area contributed by atoms with Crippen LogP contribution in [0.4, 0.5) is 5.82 Å². The maximum absolute atomic E-state index is 11.7. The number of carbonyl (C=O) groups excluding carboxylic acids is 2. The van der Waals surface area contributed by atoms with Crippen LogP contribution in [0, 0.1) is 0 Å². The Balaban J connectivity index is 1.82. The summed E-state index contributed by atoms with van der Waals surface area (Å²) < 4.78 is 0. The molecule has 0 unspecified atom stereocenters. The zero-order valence-corrected chi connectivity index (χ0v) is 11.1. The molecule has 3 N–H and O–H groups in total. The number of nitrogens with one attached hydrogen (secondary N) is 3. The zero-order valence-electron chi connectivity index (χ0n) is 11.1. The molecule has 0 atom stereocenters. The molecule has 0 fully saturated rings. The number of aryl methyl sites for hydroxylation is 1. The highest BCUT2D eigenvalue weighted by atomic mass is 16.2. The Bertz CT molecular complexity index is 592. The summed E-state index contributed by atoms with van der Waals surface area (Å²) in [7, 11) is 0. The Kier molecular flexibility index (Phi) is 4.49. The molecule has 104 valence electrons. The summed E-state index contributed by atoms with van der Waals surface area (Å²) in [6.07, 6.45) is 0.813. The summed E-state index contributed by atoms with van der Waals surface area (Å²) in [5.74, 6) is -0.138. The first-order valence-electron chi connectivity index (χ1n) is 6.36. The van der Waals surface area contributed by atoms with E-state index in [0.717, 1.165) is 12.1 Å². The molecule has 1 heterocycles. The van der Waals surface area contributed by atoms with Crippen molar-refractivity contribution in [3.05, 3.63) is 47.7 Å². The minimum Gasteiger partial charge on any atom is -0.343 e. The van der Waals surface area contributed by atoms with Crippen LogP contribution in [0.15, 0.2) is 36.4 Å². The van der Waals surface area contributed by atoms with Gasteiger partial charge in [0.25, 0.3) is 5.91 Å². The fourth-order valence-corrected chi connectivity index (χ4v) is 1.65. The number of nitrogens with zero attached hydrogens (tertiary/aromatic N) is 1. The van der Waals surface area contributed by atoms with Crippen LogP contribution in [-0.2, 0) is 11.2 Å². The predicted octanol–water partition coefficient (Wildman–Crippen LogP) is 1.34. The highest BCUT2D eigenvalue weighted by molar-refractivity contribution is 5.98. The maximum atomic E-state index is 11.7. The third-order valence-corrected chi connectivity index (χ3v) is 2.72. The molecule has 2 aromatic rings. The van der Waals surface area contributed by atoms with Gasteiger partial charge in [-0.15, -0.1) is 0 Å². The SMILES string of the molecule is CCc1cc(NC(=O)CNC(=O)c2ccccc2)n[nH]1. The number of carbonyl (C=O) groups is 2. The van der Waals surface area contributed by atoms with Crippen molar-refractivity contribution in [1.29, 1.82) is 0 Å². The van der Waals surface area contributed by atoms with E-state index in [1.165, 1.54) is 0 Å². The van der Waals surface area contributed by atoms with Gasteiger partial charge in [0.1, 0.15) is 0 Å². The summed E-state index contributed by atoms with van der Waals surface area (Å²) in [5, 5.41) is 11.9. The summed E-state index contributed by atoms with van der Waals surface area (Å²) >= 11 is 0. The predicted molar refractivity (Wildman–Crippen MR) is 75.4 cm³/mol. The normalized spacial score (nSPS) is 10.1. The summed E-state index contributed by atoms with van der Waals surface area (Å²) in [6, 6.07) is 10.5. The molecule has 0 aliphatic heterocycles. The molecule has 2 amide bonds. The van der Waals surface area contributed by atoms with E-state index in [0.29, 0.717) is 11.4 Å². The van der Waals surface area contributed by atoms with Crippen LogP contribution in [0.3, 0.4) is 0 Å². The summed E-state index contributed by atoms with van der Waals surface area (Å²) in [5.41, 5.74) is 1.46. The van der Waals surface area contributed by atoms with Crippen molar-refractivity contribution in [2.75, 3.05) is 11.9 Å². The molecule has 0 saturated heterocycles. The smallest absolute Gasteiger partial charge is 0.251 e. The zero-order chi connectivity index (χ0) is 14.4. The fraction of sp³-hybridized carbons (Fsp3) is 0.214. The Morgan fingerprint density at radius 2 is 2.00 bits per heavy atom. The van der Waals surface area contributed by atoms with Crippen LogP contribution in [0.2, 0.25) is 0 Å². The van der Waals surface area contributed by atoms with Gasteiger partial charge in [-0.1, -0.05) is 25.1 Å². The number of hydrogen-bond acceptors (Lipinski definition) is 3. The second-order valence-corrected chi connectivity index (χ2v) is 4.23. The molecular formula is C14H16N4O2. The van der Waals surface area contributed by atoms with Gasteiger partial charge in [0, 0.05) is 17.3 Å². The average Bonchev–Trinajstić information content (AvgIpc) is 2.93. The molecule has 0 spiro atoms. The van der Waals surface area contributed by atoms with E-state index < -0.39 is 0 Å².